The van der Waals surface area contributed by atoms with Crippen LogP contribution in [0.4, 0.5) is 0 Å². The lowest BCUT2D eigenvalue weighted by Gasteiger charge is -2.20. The number of aliphatic imine (C=N–C) groups is 1. The molecule has 0 aromatic heterocycles. The molecule has 0 radical (unpaired) electrons. The molecule has 1 fully saturated rings. The Morgan fingerprint density at radius 3 is 2.62 bits per heavy atom. The molecule has 1 unspecified atom stereocenters. The minimum absolute atomic E-state index is 0.821. The normalized spacial score (nSPS) is 25.5. The summed E-state index contributed by atoms with van der Waals surface area (Å²) in [5.74, 6) is 1.99. The number of allylic oxidation sites excluding steroid dienone is 1. The summed E-state index contributed by atoms with van der Waals surface area (Å²) in [7, 11) is 1.88. The fourth-order valence-corrected chi connectivity index (χ4v) is 1.82. The highest BCUT2D eigenvalue weighted by Crippen LogP contribution is 2.17. The number of rotatable bonds is 1. The topological polar surface area (TPSA) is 15.6 Å². The van der Waals surface area contributed by atoms with E-state index < -0.39 is 0 Å². The van der Waals surface area contributed by atoms with Gasteiger partial charge in [-0.25, -0.2) is 0 Å². The maximum atomic E-state index is 4.35. The lowest BCUT2D eigenvalue weighted by Crippen LogP contribution is -2.29. The summed E-state index contributed by atoms with van der Waals surface area (Å²) in [5.41, 5.74) is 1.29. The van der Waals surface area contributed by atoms with Crippen molar-refractivity contribution in [2.45, 2.75) is 27.2 Å². The van der Waals surface area contributed by atoms with Gasteiger partial charge in [-0.05, 0) is 31.8 Å². The number of hydrogen-bond acceptors (Lipinski definition) is 1. The highest BCUT2D eigenvalue weighted by molar-refractivity contribution is 5.97. The van der Waals surface area contributed by atoms with E-state index in [1.807, 2.05) is 7.05 Å². The van der Waals surface area contributed by atoms with Gasteiger partial charge in [0.25, 0.3) is 0 Å². The third kappa shape index (κ3) is 2.33. The Bertz CT molecular complexity index is 228. The van der Waals surface area contributed by atoms with Gasteiger partial charge in [0, 0.05) is 20.1 Å². The molecule has 0 spiro atoms. The highest BCUT2D eigenvalue weighted by atomic mass is 15.2. The van der Waals surface area contributed by atoms with E-state index in [-0.39, 0.29) is 0 Å². The predicted octanol–water partition coefficient (Wildman–Crippen LogP) is 2.32. The van der Waals surface area contributed by atoms with Crippen LogP contribution in [-0.2, 0) is 0 Å². The largest absolute Gasteiger partial charge is 0.356 e. The number of amidine groups is 1. The molecule has 0 aromatic carbocycles. The molecule has 1 heterocycles. The fourth-order valence-electron chi connectivity index (χ4n) is 1.82. The molecule has 0 aliphatic carbocycles. The molecule has 1 aliphatic rings. The second-order valence-corrected chi connectivity index (χ2v) is 3.86. The third-order valence-electron chi connectivity index (χ3n) is 2.72. The lowest BCUT2D eigenvalue weighted by atomic mass is 10.2. The van der Waals surface area contributed by atoms with Crippen molar-refractivity contribution in [3.8, 4) is 0 Å². The molecule has 0 saturated carbocycles. The Morgan fingerprint density at radius 1 is 1.54 bits per heavy atom. The van der Waals surface area contributed by atoms with Crippen molar-refractivity contribution in [3.63, 3.8) is 0 Å². The molecule has 2 nitrogen and oxygen atoms in total. The maximum Gasteiger partial charge on any atom is 0.125 e. The minimum Gasteiger partial charge on any atom is -0.356 e. The summed E-state index contributed by atoms with van der Waals surface area (Å²) >= 11 is 0. The molecule has 0 amide bonds. The quantitative estimate of drug-likeness (QED) is 0.446. The zero-order chi connectivity index (χ0) is 9.84. The first-order valence-electron chi connectivity index (χ1n) is 5.04. The summed E-state index contributed by atoms with van der Waals surface area (Å²) in [6, 6.07) is 0. The van der Waals surface area contributed by atoms with Gasteiger partial charge < -0.3 is 4.90 Å². The summed E-state index contributed by atoms with van der Waals surface area (Å²) in [6.07, 6.45) is 3.43. The minimum atomic E-state index is 0.821. The average Bonchev–Trinajstić information content (AvgIpc) is 2.53. The first kappa shape index (κ1) is 10.3. The van der Waals surface area contributed by atoms with E-state index >= 15 is 0 Å². The van der Waals surface area contributed by atoms with Gasteiger partial charge in [-0.15, -0.1) is 0 Å². The van der Waals surface area contributed by atoms with Gasteiger partial charge in [0.1, 0.15) is 5.84 Å². The molecule has 0 bridgehead atoms. The van der Waals surface area contributed by atoms with Gasteiger partial charge in [0.15, 0.2) is 0 Å². The first-order chi connectivity index (χ1) is 6.19. The Balaban J connectivity index is 2.69. The van der Waals surface area contributed by atoms with Crippen LogP contribution in [-0.4, -0.2) is 30.9 Å². The van der Waals surface area contributed by atoms with Crippen molar-refractivity contribution in [1.29, 1.82) is 0 Å². The second kappa shape index (κ2) is 4.45. The predicted molar refractivity (Wildman–Crippen MR) is 58.1 cm³/mol. The number of likely N-dealkylation sites (tertiary alicyclic amines) is 1. The smallest absolute Gasteiger partial charge is 0.125 e. The monoisotopic (exact) mass is 180 g/mol. The van der Waals surface area contributed by atoms with Gasteiger partial charge in [0.05, 0.1) is 0 Å². The van der Waals surface area contributed by atoms with E-state index in [0.29, 0.717) is 0 Å². The van der Waals surface area contributed by atoms with Gasteiger partial charge in [-0.3, -0.25) is 4.99 Å². The molecule has 2 heteroatoms. The summed E-state index contributed by atoms with van der Waals surface area (Å²) in [4.78, 5) is 6.74. The SMILES string of the molecule is CC=C(C)C(=NC)N1CCC(C)C1. The zero-order valence-electron chi connectivity index (χ0n) is 9.17. The van der Waals surface area contributed by atoms with E-state index in [9.17, 15) is 0 Å². The third-order valence-corrected chi connectivity index (χ3v) is 2.72. The number of nitrogens with zero attached hydrogens (tertiary/aromatic N) is 2. The molecule has 74 valence electrons. The molecule has 13 heavy (non-hydrogen) atoms. The van der Waals surface area contributed by atoms with Gasteiger partial charge in [0.2, 0.25) is 0 Å². The van der Waals surface area contributed by atoms with Crippen molar-refractivity contribution >= 4 is 5.84 Å². The molecule has 0 aromatic rings. The maximum absolute atomic E-state index is 4.35. The molecule has 0 N–H and O–H groups in total. The van der Waals surface area contributed by atoms with Crippen LogP contribution in [0.25, 0.3) is 0 Å². The van der Waals surface area contributed by atoms with Crippen LogP contribution in [0.5, 0.6) is 0 Å². The summed E-state index contributed by atoms with van der Waals surface area (Å²) in [5, 5.41) is 0. The molecular formula is C11H20N2. The van der Waals surface area contributed by atoms with Crippen LogP contribution in [0.3, 0.4) is 0 Å². The van der Waals surface area contributed by atoms with E-state index in [0.717, 1.165) is 12.5 Å². The fraction of sp³-hybridized carbons (Fsp3) is 0.727. The van der Waals surface area contributed by atoms with Crippen LogP contribution in [0.2, 0.25) is 0 Å². The Hall–Kier alpha value is -0.790. The average molecular weight is 180 g/mol. The molecule has 1 atom stereocenters. The van der Waals surface area contributed by atoms with Crippen LogP contribution in [0, 0.1) is 5.92 Å². The molecular weight excluding hydrogens is 160 g/mol. The van der Waals surface area contributed by atoms with Crippen LogP contribution < -0.4 is 0 Å². The van der Waals surface area contributed by atoms with Crippen molar-refractivity contribution in [2.75, 3.05) is 20.1 Å². The van der Waals surface area contributed by atoms with Gasteiger partial charge in [-0.2, -0.15) is 0 Å². The van der Waals surface area contributed by atoms with Gasteiger partial charge >= 0.3 is 0 Å². The van der Waals surface area contributed by atoms with Crippen molar-refractivity contribution in [1.82, 2.24) is 4.90 Å². The van der Waals surface area contributed by atoms with E-state index in [1.165, 1.54) is 24.4 Å². The van der Waals surface area contributed by atoms with Gasteiger partial charge in [-0.1, -0.05) is 13.0 Å². The van der Waals surface area contributed by atoms with Crippen LogP contribution in [0.1, 0.15) is 27.2 Å². The first-order valence-corrected chi connectivity index (χ1v) is 5.04. The zero-order valence-corrected chi connectivity index (χ0v) is 9.17. The summed E-state index contributed by atoms with van der Waals surface area (Å²) in [6.45, 7) is 8.83. The van der Waals surface area contributed by atoms with E-state index in [4.69, 9.17) is 0 Å². The lowest BCUT2D eigenvalue weighted by molar-refractivity contribution is 0.493. The van der Waals surface area contributed by atoms with E-state index in [2.05, 4.69) is 36.7 Å². The highest BCUT2D eigenvalue weighted by Gasteiger charge is 2.21. The summed E-state index contributed by atoms with van der Waals surface area (Å²) < 4.78 is 0. The Labute approximate surface area is 81.3 Å². The van der Waals surface area contributed by atoms with Crippen molar-refractivity contribution < 1.29 is 0 Å². The Morgan fingerprint density at radius 2 is 2.23 bits per heavy atom. The molecule has 1 saturated heterocycles. The van der Waals surface area contributed by atoms with Crippen LogP contribution in [0.15, 0.2) is 16.6 Å². The van der Waals surface area contributed by atoms with Crippen molar-refractivity contribution in [3.05, 3.63) is 11.6 Å². The Kier molecular flexibility index (Phi) is 3.52. The molecule has 1 rings (SSSR count). The van der Waals surface area contributed by atoms with E-state index in [1.54, 1.807) is 0 Å². The second-order valence-electron chi connectivity index (χ2n) is 3.86. The number of hydrogen-bond donors (Lipinski definition) is 0. The van der Waals surface area contributed by atoms with Crippen molar-refractivity contribution in [2.24, 2.45) is 10.9 Å². The molecule has 1 aliphatic heterocycles. The van der Waals surface area contributed by atoms with Crippen LogP contribution >= 0.6 is 0 Å². The standard InChI is InChI=1S/C11H20N2/c1-5-10(3)11(12-4)13-7-6-9(2)8-13/h5,9H,6-8H2,1-4H3.